The Kier molecular flexibility index (Phi) is 2.10. The highest BCUT2D eigenvalue weighted by Gasteiger charge is 2.19. The molecule has 0 spiro atoms. The van der Waals surface area contributed by atoms with Crippen LogP contribution in [0.3, 0.4) is 0 Å². The van der Waals surface area contributed by atoms with Crippen molar-refractivity contribution in [3.8, 4) is 0 Å². The zero-order chi connectivity index (χ0) is 8.39. The molecule has 4 heteroatoms. The molecule has 0 amide bonds. The minimum absolute atomic E-state index is 0.172. The number of nitrogens with two attached hydrogens (primary N) is 1. The molecule has 1 aromatic rings. The third-order valence-corrected chi connectivity index (χ3v) is 2.10. The Labute approximate surface area is 71.1 Å². The van der Waals surface area contributed by atoms with Crippen molar-refractivity contribution < 1.29 is 4.74 Å². The highest BCUT2D eigenvalue weighted by Crippen LogP contribution is 2.25. The molecule has 66 valence electrons. The van der Waals surface area contributed by atoms with Crippen molar-refractivity contribution in [2.45, 2.75) is 25.5 Å². The Bertz CT molecular complexity index is 253. The number of H-pyrrole nitrogens is 1. The van der Waals surface area contributed by atoms with Gasteiger partial charge in [0.05, 0.1) is 0 Å². The zero-order valence-electron chi connectivity index (χ0n) is 6.92. The van der Waals surface area contributed by atoms with Crippen molar-refractivity contribution in [1.82, 2.24) is 9.97 Å². The number of aromatic amines is 1. The molecule has 2 heterocycles. The molecule has 0 radical (unpaired) electrons. The smallest absolute Gasteiger partial charge is 0.135 e. The van der Waals surface area contributed by atoms with Crippen molar-refractivity contribution in [2.75, 3.05) is 6.61 Å². The highest BCUT2D eigenvalue weighted by molar-refractivity contribution is 5.03. The normalized spacial score (nSPS) is 23.2. The predicted molar refractivity (Wildman–Crippen MR) is 44.4 cm³/mol. The minimum atomic E-state index is 0.172. The summed E-state index contributed by atoms with van der Waals surface area (Å²) >= 11 is 0. The molecule has 4 nitrogen and oxygen atoms in total. The maximum Gasteiger partial charge on any atom is 0.135 e. The molecule has 1 aliphatic rings. The van der Waals surface area contributed by atoms with E-state index >= 15 is 0 Å². The van der Waals surface area contributed by atoms with Crippen LogP contribution in [-0.4, -0.2) is 16.6 Å². The summed E-state index contributed by atoms with van der Waals surface area (Å²) in [6.45, 7) is 1.36. The molecule has 12 heavy (non-hydrogen) atoms. The minimum Gasteiger partial charge on any atom is -0.370 e. The van der Waals surface area contributed by atoms with Crippen LogP contribution >= 0.6 is 0 Å². The van der Waals surface area contributed by atoms with Gasteiger partial charge < -0.3 is 15.5 Å². The Balaban J connectivity index is 2.11. The van der Waals surface area contributed by atoms with Gasteiger partial charge >= 0.3 is 0 Å². The molecule has 1 saturated heterocycles. The summed E-state index contributed by atoms with van der Waals surface area (Å²) < 4.78 is 5.46. The Morgan fingerprint density at radius 2 is 2.67 bits per heavy atom. The second kappa shape index (κ2) is 3.25. The number of hydrogen-bond acceptors (Lipinski definition) is 3. The van der Waals surface area contributed by atoms with Crippen LogP contribution in [0.5, 0.6) is 0 Å². The molecule has 0 saturated carbocycles. The van der Waals surface area contributed by atoms with E-state index in [-0.39, 0.29) is 6.10 Å². The van der Waals surface area contributed by atoms with Gasteiger partial charge in [-0.1, -0.05) is 0 Å². The summed E-state index contributed by atoms with van der Waals surface area (Å²) in [5, 5.41) is 0. The van der Waals surface area contributed by atoms with Crippen LogP contribution in [0.1, 0.15) is 30.5 Å². The van der Waals surface area contributed by atoms with Gasteiger partial charge in [-0.15, -0.1) is 0 Å². The lowest BCUT2D eigenvalue weighted by Crippen LogP contribution is -2.00. The van der Waals surface area contributed by atoms with Crippen molar-refractivity contribution in [3.05, 3.63) is 17.7 Å². The summed E-state index contributed by atoms with van der Waals surface area (Å²) in [5.74, 6) is 0.924. The van der Waals surface area contributed by atoms with E-state index < -0.39 is 0 Å². The average Bonchev–Trinajstić information content (AvgIpc) is 2.75. The summed E-state index contributed by atoms with van der Waals surface area (Å²) in [6.07, 6.45) is 4.14. The van der Waals surface area contributed by atoms with Gasteiger partial charge in [0, 0.05) is 25.0 Å². The number of imidazole rings is 1. The summed E-state index contributed by atoms with van der Waals surface area (Å²) in [5.41, 5.74) is 6.42. The quantitative estimate of drug-likeness (QED) is 0.682. The van der Waals surface area contributed by atoms with Gasteiger partial charge in [0.25, 0.3) is 0 Å². The van der Waals surface area contributed by atoms with Crippen molar-refractivity contribution >= 4 is 0 Å². The van der Waals surface area contributed by atoms with E-state index in [9.17, 15) is 0 Å². The lowest BCUT2D eigenvalue weighted by atomic mass is 10.2. The molecule has 0 aromatic carbocycles. The Morgan fingerprint density at radius 3 is 3.25 bits per heavy atom. The monoisotopic (exact) mass is 167 g/mol. The van der Waals surface area contributed by atoms with Crippen molar-refractivity contribution in [2.24, 2.45) is 5.73 Å². The van der Waals surface area contributed by atoms with Gasteiger partial charge in [0.2, 0.25) is 0 Å². The molecule has 1 aromatic heterocycles. The first-order chi connectivity index (χ1) is 5.90. The van der Waals surface area contributed by atoms with E-state index in [1.807, 2.05) is 0 Å². The number of hydrogen-bond donors (Lipinski definition) is 2. The fraction of sp³-hybridized carbons (Fsp3) is 0.625. The zero-order valence-corrected chi connectivity index (χ0v) is 6.92. The van der Waals surface area contributed by atoms with Crippen LogP contribution in [0.25, 0.3) is 0 Å². The Hall–Kier alpha value is -0.870. The highest BCUT2D eigenvalue weighted by atomic mass is 16.5. The second-order valence-electron chi connectivity index (χ2n) is 3.00. The number of nitrogens with one attached hydrogen (secondary N) is 1. The summed E-state index contributed by atoms with van der Waals surface area (Å²) in [7, 11) is 0. The van der Waals surface area contributed by atoms with Gasteiger partial charge in [-0.3, -0.25) is 0 Å². The molecule has 3 N–H and O–H groups in total. The third kappa shape index (κ3) is 1.35. The standard InChI is InChI=1S/C8H13N3O/c9-4-6-5-10-8(11-6)7-2-1-3-12-7/h5,7H,1-4,9H2,(H,10,11). The maximum atomic E-state index is 5.46. The van der Waals surface area contributed by atoms with E-state index in [0.717, 1.165) is 31.0 Å². The van der Waals surface area contributed by atoms with Gasteiger partial charge in [-0.2, -0.15) is 0 Å². The Morgan fingerprint density at radius 1 is 1.75 bits per heavy atom. The third-order valence-electron chi connectivity index (χ3n) is 2.10. The van der Waals surface area contributed by atoms with Crippen LogP contribution in [-0.2, 0) is 11.3 Å². The molecule has 0 aliphatic carbocycles. The van der Waals surface area contributed by atoms with Crippen LogP contribution in [0.2, 0.25) is 0 Å². The molecular formula is C8H13N3O. The number of rotatable bonds is 2. The van der Waals surface area contributed by atoms with E-state index in [0.29, 0.717) is 6.54 Å². The van der Waals surface area contributed by atoms with Gasteiger partial charge in [0.15, 0.2) is 0 Å². The molecule has 1 aliphatic heterocycles. The van der Waals surface area contributed by atoms with Crippen molar-refractivity contribution in [1.29, 1.82) is 0 Å². The van der Waals surface area contributed by atoms with Gasteiger partial charge in [-0.05, 0) is 12.8 Å². The van der Waals surface area contributed by atoms with E-state index in [4.69, 9.17) is 10.5 Å². The fourth-order valence-electron chi connectivity index (χ4n) is 1.44. The van der Waals surface area contributed by atoms with Crippen LogP contribution in [0.4, 0.5) is 0 Å². The molecule has 0 bridgehead atoms. The predicted octanol–water partition coefficient (Wildman–Crippen LogP) is 0.720. The molecule has 1 unspecified atom stereocenters. The van der Waals surface area contributed by atoms with E-state index in [1.165, 1.54) is 0 Å². The number of ether oxygens (including phenoxy) is 1. The van der Waals surface area contributed by atoms with Gasteiger partial charge in [-0.25, -0.2) is 4.98 Å². The first-order valence-electron chi connectivity index (χ1n) is 4.25. The number of aromatic nitrogens is 2. The molecule has 1 fully saturated rings. The topological polar surface area (TPSA) is 63.9 Å². The first kappa shape index (κ1) is 7.76. The first-order valence-corrected chi connectivity index (χ1v) is 4.25. The van der Waals surface area contributed by atoms with E-state index in [2.05, 4.69) is 9.97 Å². The van der Waals surface area contributed by atoms with Crippen LogP contribution in [0, 0.1) is 0 Å². The molecule has 1 atom stereocenters. The fourth-order valence-corrected chi connectivity index (χ4v) is 1.44. The second-order valence-corrected chi connectivity index (χ2v) is 3.00. The average molecular weight is 167 g/mol. The summed E-state index contributed by atoms with van der Waals surface area (Å²) in [4.78, 5) is 7.35. The lowest BCUT2D eigenvalue weighted by molar-refractivity contribution is 0.105. The van der Waals surface area contributed by atoms with Gasteiger partial charge in [0.1, 0.15) is 11.9 Å². The van der Waals surface area contributed by atoms with Crippen molar-refractivity contribution in [3.63, 3.8) is 0 Å². The largest absolute Gasteiger partial charge is 0.370 e. The molecule has 2 rings (SSSR count). The summed E-state index contributed by atoms with van der Waals surface area (Å²) in [6, 6.07) is 0. The maximum absolute atomic E-state index is 5.46. The van der Waals surface area contributed by atoms with Crippen LogP contribution < -0.4 is 5.73 Å². The van der Waals surface area contributed by atoms with Crippen LogP contribution in [0.15, 0.2) is 6.20 Å². The molecular weight excluding hydrogens is 154 g/mol. The SMILES string of the molecule is NCc1cnc(C2CCCO2)[nH]1. The number of nitrogens with zero attached hydrogens (tertiary/aromatic N) is 1. The lowest BCUT2D eigenvalue weighted by Gasteiger charge is -2.03. The van der Waals surface area contributed by atoms with E-state index in [1.54, 1.807) is 6.20 Å².